The molecule has 2 heterocycles. The topological polar surface area (TPSA) is 58.1 Å². The van der Waals surface area contributed by atoms with Gasteiger partial charge in [0.15, 0.2) is 0 Å². The van der Waals surface area contributed by atoms with Crippen LogP contribution in [0.1, 0.15) is 32.4 Å². The van der Waals surface area contributed by atoms with Crippen molar-refractivity contribution in [2.24, 2.45) is 0 Å². The molecule has 1 aliphatic rings. The van der Waals surface area contributed by atoms with Gasteiger partial charge in [-0.15, -0.1) is 0 Å². The van der Waals surface area contributed by atoms with Crippen molar-refractivity contribution in [1.82, 2.24) is 14.9 Å². The molecule has 1 atom stereocenters. The van der Waals surface area contributed by atoms with E-state index in [0.717, 1.165) is 26.4 Å². The van der Waals surface area contributed by atoms with Crippen LogP contribution in [0.25, 0.3) is 0 Å². The number of amides is 1. The standard InChI is InChI=1S/C16H22F2N4O/c1-11(16(3,17)18)5-6-13-9-14(20-10-19-13)21-12(2)15(23)22-7-4-8-22/h9-10,12H,1,4-8H2,2-3H3,(H,19,20,21)/t12-/m1/s1. The van der Waals surface area contributed by atoms with Crippen LogP contribution in [0.5, 0.6) is 0 Å². The molecule has 1 amide bonds. The van der Waals surface area contributed by atoms with E-state index in [1.54, 1.807) is 17.9 Å². The van der Waals surface area contributed by atoms with E-state index in [1.807, 2.05) is 0 Å². The molecule has 0 aliphatic carbocycles. The molecule has 0 bridgehead atoms. The third kappa shape index (κ3) is 4.71. The molecular weight excluding hydrogens is 302 g/mol. The van der Waals surface area contributed by atoms with E-state index in [0.29, 0.717) is 17.9 Å². The third-order valence-electron chi connectivity index (χ3n) is 3.93. The van der Waals surface area contributed by atoms with Crippen LogP contribution in [0.2, 0.25) is 0 Å². The Morgan fingerprint density at radius 1 is 1.48 bits per heavy atom. The Kier molecular flexibility index (Phi) is 5.28. The van der Waals surface area contributed by atoms with E-state index in [9.17, 15) is 13.6 Å². The van der Waals surface area contributed by atoms with Crippen LogP contribution in [0.3, 0.4) is 0 Å². The number of alkyl halides is 2. The van der Waals surface area contributed by atoms with Gasteiger partial charge in [0.25, 0.3) is 5.92 Å². The van der Waals surface area contributed by atoms with Gasteiger partial charge in [-0.25, -0.2) is 18.7 Å². The molecule has 126 valence electrons. The van der Waals surface area contributed by atoms with E-state index >= 15 is 0 Å². The minimum atomic E-state index is -2.88. The molecule has 0 radical (unpaired) electrons. The summed E-state index contributed by atoms with van der Waals surface area (Å²) in [4.78, 5) is 22.0. The van der Waals surface area contributed by atoms with Gasteiger partial charge in [0.2, 0.25) is 5.91 Å². The second kappa shape index (κ2) is 7.02. The number of allylic oxidation sites excluding steroid dienone is 1. The maximum atomic E-state index is 13.1. The lowest BCUT2D eigenvalue weighted by atomic mass is 10.1. The summed E-state index contributed by atoms with van der Waals surface area (Å²) < 4.78 is 26.2. The lowest BCUT2D eigenvalue weighted by Crippen LogP contribution is -2.48. The van der Waals surface area contributed by atoms with E-state index in [4.69, 9.17) is 0 Å². The highest BCUT2D eigenvalue weighted by atomic mass is 19.3. The van der Waals surface area contributed by atoms with Crippen LogP contribution in [-0.2, 0) is 11.2 Å². The summed E-state index contributed by atoms with van der Waals surface area (Å²) >= 11 is 0. The first-order valence-corrected chi connectivity index (χ1v) is 7.69. The smallest absolute Gasteiger partial charge is 0.266 e. The van der Waals surface area contributed by atoms with Crippen LogP contribution in [0, 0.1) is 0 Å². The zero-order valence-electron chi connectivity index (χ0n) is 13.5. The van der Waals surface area contributed by atoms with Gasteiger partial charge in [0.1, 0.15) is 18.2 Å². The van der Waals surface area contributed by atoms with Crippen molar-refractivity contribution < 1.29 is 13.6 Å². The largest absolute Gasteiger partial charge is 0.359 e. The van der Waals surface area contributed by atoms with Gasteiger partial charge in [-0.2, -0.15) is 0 Å². The van der Waals surface area contributed by atoms with Crippen molar-refractivity contribution >= 4 is 11.7 Å². The number of carbonyl (C=O) groups is 1. The van der Waals surface area contributed by atoms with Gasteiger partial charge in [0, 0.05) is 31.8 Å². The monoisotopic (exact) mass is 324 g/mol. The minimum Gasteiger partial charge on any atom is -0.359 e. The molecule has 1 aromatic rings. The Bertz CT molecular complexity index is 582. The molecule has 2 rings (SSSR count). The number of halogens is 2. The molecule has 5 nitrogen and oxygen atoms in total. The number of hydrogen-bond acceptors (Lipinski definition) is 4. The highest BCUT2D eigenvalue weighted by molar-refractivity contribution is 5.84. The quantitative estimate of drug-likeness (QED) is 0.784. The summed E-state index contributed by atoms with van der Waals surface area (Å²) in [7, 11) is 0. The van der Waals surface area contributed by atoms with Gasteiger partial charge in [-0.1, -0.05) is 6.58 Å². The maximum Gasteiger partial charge on any atom is 0.266 e. The molecule has 1 N–H and O–H groups in total. The van der Waals surface area contributed by atoms with Crippen molar-refractivity contribution in [3.05, 3.63) is 30.2 Å². The Hall–Kier alpha value is -2.05. The molecule has 23 heavy (non-hydrogen) atoms. The van der Waals surface area contributed by atoms with E-state index in [-0.39, 0.29) is 23.9 Å². The second-order valence-corrected chi connectivity index (χ2v) is 5.93. The first kappa shape index (κ1) is 17.3. The summed E-state index contributed by atoms with van der Waals surface area (Å²) in [5.74, 6) is -2.33. The predicted molar refractivity (Wildman–Crippen MR) is 84.4 cm³/mol. The van der Waals surface area contributed by atoms with Gasteiger partial charge in [-0.3, -0.25) is 4.79 Å². The highest BCUT2D eigenvalue weighted by Gasteiger charge is 2.26. The van der Waals surface area contributed by atoms with E-state index in [2.05, 4.69) is 21.9 Å². The van der Waals surface area contributed by atoms with Crippen LogP contribution in [-0.4, -0.2) is 45.8 Å². The fraction of sp³-hybridized carbons (Fsp3) is 0.562. The molecule has 7 heteroatoms. The lowest BCUT2D eigenvalue weighted by molar-refractivity contribution is -0.135. The van der Waals surface area contributed by atoms with Crippen molar-refractivity contribution in [3.8, 4) is 0 Å². The number of nitrogens with one attached hydrogen (secondary N) is 1. The molecule has 1 fully saturated rings. The second-order valence-electron chi connectivity index (χ2n) is 5.93. The molecule has 0 spiro atoms. The summed E-state index contributed by atoms with van der Waals surface area (Å²) in [6, 6.07) is 1.30. The van der Waals surface area contributed by atoms with Crippen LogP contribution in [0.15, 0.2) is 24.5 Å². The van der Waals surface area contributed by atoms with Crippen molar-refractivity contribution in [3.63, 3.8) is 0 Å². The van der Waals surface area contributed by atoms with Crippen LogP contribution in [0.4, 0.5) is 14.6 Å². The number of rotatable bonds is 7. The zero-order valence-corrected chi connectivity index (χ0v) is 13.5. The molecule has 1 saturated heterocycles. The van der Waals surface area contributed by atoms with Gasteiger partial charge < -0.3 is 10.2 Å². The lowest BCUT2D eigenvalue weighted by Gasteiger charge is -2.33. The number of anilines is 1. The highest BCUT2D eigenvalue weighted by Crippen LogP contribution is 2.25. The van der Waals surface area contributed by atoms with Crippen LogP contribution >= 0.6 is 0 Å². The van der Waals surface area contributed by atoms with E-state index in [1.165, 1.54) is 6.33 Å². The van der Waals surface area contributed by atoms with Crippen molar-refractivity contribution in [1.29, 1.82) is 0 Å². The molecule has 1 aromatic heterocycles. The van der Waals surface area contributed by atoms with Crippen molar-refractivity contribution in [2.75, 3.05) is 18.4 Å². The third-order valence-corrected chi connectivity index (χ3v) is 3.93. The first-order valence-electron chi connectivity index (χ1n) is 7.69. The average molecular weight is 324 g/mol. The number of likely N-dealkylation sites (tertiary alicyclic amines) is 1. The van der Waals surface area contributed by atoms with E-state index < -0.39 is 5.92 Å². The van der Waals surface area contributed by atoms with Crippen molar-refractivity contribution in [2.45, 2.75) is 45.1 Å². The predicted octanol–water partition coefficient (Wildman–Crippen LogP) is 2.65. The molecule has 0 unspecified atom stereocenters. The molecular formula is C16H22F2N4O. The SMILES string of the molecule is C=C(CCc1cc(N[C@H](C)C(=O)N2CCC2)ncn1)C(C)(F)F. The Labute approximate surface area is 134 Å². The van der Waals surface area contributed by atoms with Crippen LogP contribution < -0.4 is 5.32 Å². The summed E-state index contributed by atoms with van der Waals surface area (Å²) in [5.41, 5.74) is 0.517. The molecule has 0 aromatic carbocycles. The van der Waals surface area contributed by atoms with Gasteiger partial charge >= 0.3 is 0 Å². The Morgan fingerprint density at radius 2 is 2.17 bits per heavy atom. The number of hydrogen-bond donors (Lipinski definition) is 1. The maximum absolute atomic E-state index is 13.1. The minimum absolute atomic E-state index is 0.0374. The normalized spacial score (nSPS) is 15.7. The first-order chi connectivity index (χ1) is 10.8. The van der Waals surface area contributed by atoms with Gasteiger partial charge in [0.05, 0.1) is 0 Å². The summed E-state index contributed by atoms with van der Waals surface area (Å²) in [5, 5.41) is 3.04. The van der Waals surface area contributed by atoms with Gasteiger partial charge in [-0.05, 0) is 31.8 Å². The molecule has 1 aliphatic heterocycles. The number of aryl methyl sites for hydroxylation is 1. The summed E-state index contributed by atoms with van der Waals surface area (Å²) in [6.45, 7) is 7.63. The number of nitrogens with zero attached hydrogens (tertiary/aromatic N) is 3. The fourth-order valence-corrected chi connectivity index (χ4v) is 2.21. The Morgan fingerprint density at radius 3 is 2.74 bits per heavy atom. The Balaban J connectivity index is 1.91. The average Bonchev–Trinajstić information content (AvgIpc) is 2.42. The number of carbonyl (C=O) groups excluding carboxylic acids is 1. The zero-order chi connectivity index (χ0) is 17.0. The summed E-state index contributed by atoms with van der Waals surface area (Å²) in [6.07, 6.45) is 2.92. The number of aromatic nitrogens is 2. The fourth-order valence-electron chi connectivity index (χ4n) is 2.21. The molecule has 0 saturated carbocycles.